The lowest BCUT2D eigenvalue weighted by atomic mass is 10.1. The molecule has 0 saturated heterocycles. The molecule has 2 aromatic heterocycles. The number of carbonyl (C=O) groups is 1. The lowest BCUT2D eigenvalue weighted by Gasteiger charge is -2.07. The molecule has 2 heterocycles. The molecule has 0 aliphatic rings. The highest BCUT2D eigenvalue weighted by Crippen LogP contribution is 2.23. The Labute approximate surface area is 145 Å². The number of amides is 1. The van der Waals surface area contributed by atoms with Crippen LogP contribution in [0.4, 0.5) is 0 Å². The topological polar surface area (TPSA) is 54.9 Å². The molecule has 0 spiro atoms. The molecule has 1 N–H and O–H groups in total. The van der Waals surface area contributed by atoms with Gasteiger partial charge in [0.25, 0.3) is 0 Å². The van der Waals surface area contributed by atoms with Gasteiger partial charge >= 0.3 is 0 Å². The number of thiazole rings is 1. The normalized spacial score (nSPS) is 10.5. The van der Waals surface area contributed by atoms with E-state index in [9.17, 15) is 4.79 Å². The summed E-state index contributed by atoms with van der Waals surface area (Å²) in [7, 11) is 0. The average molecular weight is 337 g/mol. The Balaban J connectivity index is 1.50. The van der Waals surface area contributed by atoms with Crippen LogP contribution < -0.4 is 5.32 Å². The van der Waals surface area contributed by atoms with Gasteiger partial charge in [-0.1, -0.05) is 24.3 Å². The van der Waals surface area contributed by atoms with Crippen molar-refractivity contribution in [1.29, 1.82) is 0 Å². The smallest absolute Gasteiger partial charge is 0.220 e. The van der Waals surface area contributed by atoms with Gasteiger partial charge in [0.1, 0.15) is 5.01 Å². The molecule has 0 radical (unpaired) electrons. The van der Waals surface area contributed by atoms with Crippen LogP contribution in [-0.4, -0.2) is 15.9 Å². The minimum atomic E-state index is 0.0525. The Kier molecular flexibility index (Phi) is 5.33. The third-order valence-electron chi connectivity index (χ3n) is 3.82. The lowest BCUT2D eigenvalue weighted by molar-refractivity contribution is -0.121. The third kappa shape index (κ3) is 4.26. The molecule has 0 atom stereocenters. The quantitative estimate of drug-likeness (QED) is 0.745. The second kappa shape index (κ2) is 7.84. The first kappa shape index (κ1) is 16.3. The molecule has 0 bridgehead atoms. The summed E-state index contributed by atoms with van der Waals surface area (Å²) in [5.74, 6) is 0.0525. The number of nitrogens with zero attached hydrogens (tertiary/aromatic N) is 2. The van der Waals surface area contributed by atoms with Gasteiger partial charge in [-0.05, 0) is 36.6 Å². The summed E-state index contributed by atoms with van der Waals surface area (Å²) in [6.45, 7) is 2.63. The van der Waals surface area contributed by atoms with E-state index in [0.717, 1.165) is 21.8 Å². The highest BCUT2D eigenvalue weighted by molar-refractivity contribution is 7.13. The van der Waals surface area contributed by atoms with Crippen LogP contribution in [0.3, 0.4) is 0 Å². The molecule has 3 rings (SSSR count). The Bertz CT molecular complexity index is 814. The lowest BCUT2D eigenvalue weighted by Crippen LogP contribution is -2.23. The van der Waals surface area contributed by atoms with Crippen molar-refractivity contribution in [2.24, 2.45) is 0 Å². The molecule has 0 aliphatic carbocycles. The molecule has 5 heteroatoms. The number of pyridine rings is 1. The van der Waals surface area contributed by atoms with Crippen LogP contribution in [0.1, 0.15) is 23.2 Å². The monoisotopic (exact) mass is 337 g/mol. The number of rotatable bonds is 6. The van der Waals surface area contributed by atoms with Crippen molar-refractivity contribution in [2.75, 3.05) is 0 Å². The second-order valence-corrected chi connectivity index (χ2v) is 6.44. The van der Waals surface area contributed by atoms with E-state index in [1.165, 1.54) is 5.56 Å². The summed E-state index contributed by atoms with van der Waals surface area (Å²) < 4.78 is 0. The van der Waals surface area contributed by atoms with Gasteiger partial charge in [0, 0.05) is 36.3 Å². The van der Waals surface area contributed by atoms with Crippen molar-refractivity contribution >= 4 is 17.2 Å². The number of aryl methyl sites for hydroxylation is 2. The Morgan fingerprint density at radius 3 is 2.75 bits per heavy atom. The number of hydrogen-bond donors (Lipinski definition) is 1. The maximum atomic E-state index is 12.0. The zero-order valence-electron chi connectivity index (χ0n) is 13.5. The number of carbonyl (C=O) groups excluding carboxylic acids is 1. The maximum absolute atomic E-state index is 12.0. The standard InChI is InChI=1S/C19H19N3OS/c1-14-4-2-3-5-16(14)12-21-18(23)7-6-17-13-24-19(22-17)15-8-10-20-11-9-15/h2-5,8-11,13H,6-7,12H2,1H3,(H,21,23). The van der Waals surface area contributed by atoms with Crippen molar-refractivity contribution in [1.82, 2.24) is 15.3 Å². The van der Waals surface area contributed by atoms with Crippen molar-refractivity contribution < 1.29 is 4.79 Å². The zero-order chi connectivity index (χ0) is 16.8. The van der Waals surface area contributed by atoms with Gasteiger partial charge < -0.3 is 5.32 Å². The van der Waals surface area contributed by atoms with Gasteiger partial charge in [0.2, 0.25) is 5.91 Å². The first-order valence-corrected chi connectivity index (χ1v) is 8.76. The fourth-order valence-corrected chi connectivity index (χ4v) is 3.24. The molecule has 0 saturated carbocycles. The molecule has 24 heavy (non-hydrogen) atoms. The molecule has 122 valence electrons. The summed E-state index contributed by atoms with van der Waals surface area (Å²) in [4.78, 5) is 20.6. The van der Waals surface area contributed by atoms with Gasteiger partial charge in [0.05, 0.1) is 5.69 Å². The third-order valence-corrected chi connectivity index (χ3v) is 4.76. The van der Waals surface area contributed by atoms with Gasteiger partial charge in [-0.25, -0.2) is 4.98 Å². The largest absolute Gasteiger partial charge is 0.352 e. The van der Waals surface area contributed by atoms with Crippen LogP contribution in [0, 0.1) is 6.92 Å². The fraction of sp³-hybridized carbons (Fsp3) is 0.211. The number of hydrogen-bond acceptors (Lipinski definition) is 4. The summed E-state index contributed by atoms with van der Waals surface area (Å²) in [6, 6.07) is 12.0. The van der Waals surface area contributed by atoms with E-state index in [1.54, 1.807) is 23.7 Å². The van der Waals surface area contributed by atoms with Crippen molar-refractivity contribution in [2.45, 2.75) is 26.3 Å². The van der Waals surface area contributed by atoms with Gasteiger partial charge in [-0.3, -0.25) is 9.78 Å². The molecule has 0 fully saturated rings. The molecule has 0 aliphatic heterocycles. The summed E-state index contributed by atoms with van der Waals surface area (Å²) in [5.41, 5.74) is 4.36. The van der Waals surface area contributed by atoms with Crippen molar-refractivity contribution in [3.63, 3.8) is 0 Å². The van der Waals surface area contributed by atoms with Gasteiger partial charge in [-0.2, -0.15) is 0 Å². The van der Waals surface area contributed by atoms with Crippen LogP contribution in [0.2, 0.25) is 0 Å². The molecule has 3 aromatic rings. The summed E-state index contributed by atoms with van der Waals surface area (Å²) >= 11 is 1.60. The van der Waals surface area contributed by atoms with Crippen LogP contribution >= 0.6 is 11.3 Å². The number of aromatic nitrogens is 2. The first-order chi connectivity index (χ1) is 11.7. The van der Waals surface area contributed by atoms with Crippen molar-refractivity contribution in [3.8, 4) is 10.6 Å². The van der Waals surface area contributed by atoms with E-state index in [2.05, 4.69) is 28.3 Å². The summed E-state index contributed by atoms with van der Waals surface area (Å²) in [5, 5.41) is 5.96. The maximum Gasteiger partial charge on any atom is 0.220 e. The molecule has 0 unspecified atom stereocenters. The summed E-state index contributed by atoms with van der Waals surface area (Å²) in [6.07, 6.45) is 4.62. The number of nitrogens with one attached hydrogen (secondary N) is 1. The predicted octanol–water partition coefficient (Wildman–Crippen LogP) is 3.76. The Morgan fingerprint density at radius 1 is 1.17 bits per heavy atom. The molecule has 4 nitrogen and oxygen atoms in total. The van der Waals surface area contributed by atoms with E-state index in [1.807, 2.05) is 35.7 Å². The average Bonchev–Trinajstić information content (AvgIpc) is 3.09. The molecule has 1 aromatic carbocycles. The molecular formula is C19H19N3OS. The van der Waals surface area contributed by atoms with Crippen molar-refractivity contribution in [3.05, 3.63) is 71.0 Å². The number of benzene rings is 1. The highest BCUT2D eigenvalue weighted by atomic mass is 32.1. The van der Waals surface area contributed by atoms with Crippen LogP contribution in [-0.2, 0) is 17.8 Å². The van der Waals surface area contributed by atoms with Gasteiger partial charge in [0.15, 0.2) is 0 Å². The van der Waals surface area contributed by atoms with Gasteiger partial charge in [-0.15, -0.1) is 11.3 Å². The van der Waals surface area contributed by atoms with E-state index in [0.29, 0.717) is 19.4 Å². The van der Waals surface area contributed by atoms with E-state index in [-0.39, 0.29) is 5.91 Å². The van der Waals surface area contributed by atoms with E-state index >= 15 is 0 Å². The highest BCUT2D eigenvalue weighted by Gasteiger charge is 2.08. The molecular weight excluding hydrogens is 318 g/mol. The zero-order valence-corrected chi connectivity index (χ0v) is 14.3. The second-order valence-electron chi connectivity index (χ2n) is 5.58. The van der Waals surface area contributed by atoms with Crippen LogP contribution in [0.15, 0.2) is 54.2 Å². The first-order valence-electron chi connectivity index (χ1n) is 7.88. The van der Waals surface area contributed by atoms with Crippen LogP contribution in [0.25, 0.3) is 10.6 Å². The Hall–Kier alpha value is -2.53. The van der Waals surface area contributed by atoms with E-state index in [4.69, 9.17) is 0 Å². The van der Waals surface area contributed by atoms with E-state index < -0.39 is 0 Å². The SMILES string of the molecule is Cc1ccccc1CNC(=O)CCc1csc(-c2ccncc2)n1. The Morgan fingerprint density at radius 2 is 1.96 bits per heavy atom. The fourth-order valence-electron chi connectivity index (χ4n) is 2.38. The van der Waals surface area contributed by atoms with Crippen LogP contribution in [0.5, 0.6) is 0 Å². The molecule has 1 amide bonds. The predicted molar refractivity (Wildman–Crippen MR) is 96.7 cm³/mol. The minimum Gasteiger partial charge on any atom is -0.352 e. The minimum absolute atomic E-state index is 0.0525.